The third kappa shape index (κ3) is 4.22. The molecule has 27 heavy (non-hydrogen) atoms. The number of methoxy groups -OCH3 is 1. The maximum atomic E-state index is 13.2. The van der Waals surface area contributed by atoms with Crippen molar-refractivity contribution in [3.05, 3.63) is 20.8 Å². The first-order chi connectivity index (χ1) is 13.0. The standard InChI is InChI=1S/C19H27N3O3S2/c1-5-22-18(24)15-13-7-6-11(2)10-14(13)27-17(15)21-19(22)26-12(3)16(23)20-8-9-25-4/h11-12H,5-10H2,1-4H3,(H,20,23)/t11-,12+/m0/s1. The van der Waals surface area contributed by atoms with Crippen LogP contribution in [0, 0.1) is 5.92 Å². The summed E-state index contributed by atoms with van der Waals surface area (Å²) in [4.78, 5) is 32.3. The minimum absolute atomic E-state index is 0.0315. The quantitative estimate of drug-likeness (QED) is 0.432. The highest BCUT2D eigenvalue weighted by molar-refractivity contribution is 8.00. The number of hydrogen-bond donors (Lipinski definition) is 1. The summed E-state index contributed by atoms with van der Waals surface area (Å²) in [7, 11) is 1.60. The van der Waals surface area contributed by atoms with Gasteiger partial charge in [0.05, 0.1) is 17.2 Å². The Labute approximate surface area is 167 Å². The molecule has 0 saturated heterocycles. The number of aromatic nitrogens is 2. The van der Waals surface area contributed by atoms with Crippen LogP contribution in [0.5, 0.6) is 0 Å². The van der Waals surface area contributed by atoms with Crippen LogP contribution in [0.25, 0.3) is 10.2 Å². The summed E-state index contributed by atoms with van der Waals surface area (Å²) >= 11 is 2.99. The molecule has 0 fully saturated rings. The van der Waals surface area contributed by atoms with Crippen molar-refractivity contribution in [1.29, 1.82) is 0 Å². The molecule has 8 heteroatoms. The third-order valence-electron chi connectivity index (χ3n) is 4.95. The number of thioether (sulfide) groups is 1. The van der Waals surface area contributed by atoms with E-state index in [1.54, 1.807) is 23.0 Å². The molecule has 1 aliphatic rings. The van der Waals surface area contributed by atoms with Gasteiger partial charge in [0.15, 0.2) is 5.16 Å². The molecule has 0 aliphatic heterocycles. The van der Waals surface area contributed by atoms with Gasteiger partial charge >= 0.3 is 0 Å². The minimum Gasteiger partial charge on any atom is -0.383 e. The van der Waals surface area contributed by atoms with Crippen LogP contribution in [0.4, 0.5) is 0 Å². The largest absolute Gasteiger partial charge is 0.383 e. The molecule has 6 nitrogen and oxygen atoms in total. The molecule has 0 saturated carbocycles. The molecular weight excluding hydrogens is 382 g/mol. The van der Waals surface area contributed by atoms with Crippen LogP contribution in [-0.2, 0) is 28.9 Å². The van der Waals surface area contributed by atoms with E-state index in [9.17, 15) is 9.59 Å². The Hall–Kier alpha value is -1.38. The van der Waals surface area contributed by atoms with Crippen molar-refractivity contribution in [3.8, 4) is 0 Å². The highest BCUT2D eigenvalue weighted by atomic mass is 32.2. The van der Waals surface area contributed by atoms with Crippen LogP contribution in [-0.4, -0.2) is 41.0 Å². The molecule has 2 aromatic heterocycles. The molecule has 2 heterocycles. The summed E-state index contributed by atoms with van der Waals surface area (Å²) < 4.78 is 6.67. The smallest absolute Gasteiger partial charge is 0.263 e. The number of nitrogens with one attached hydrogen (secondary N) is 1. The average Bonchev–Trinajstić information content (AvgIpc) is 2.99. The first-order valence-electron chi connectivity index (χ1n) is 9.44. The highest BCUT2D eigenvalue weighted by Gasteiger charge is 2.25. The molecule has 1 amide bonds. The topological polar surface area (TPSA) is 73.2 Å². The molecule has 2 aromatic rings. The van der Waals surface area contributed by atoms with Crippen molar-refractivity contribution in [3.63, 3.8) is 0 Å². The maximum Gasteiger partial charge on any atom is 0.263 e. The van der Waals surface area contributed by atoms with Gasteiger partial charge in [0.1, 0.15) is 4.83 Å². The lowest BCUT2D eigenvalue weighted by atomic mass is 9.89. The lowest BCUT2D eigenvalue weighted by Crippen LogP contribution is -2.34. The number of amides is 1. The summed E-state index contributed by atoms with van der Waals surface area (Å²) in [6.45, 7) is 7.54. The number of rotatable bonds is 7. The van der Waals surface area contributed by atoms with Crippen LogP contribution in [0.15, 0.2) is 9.95 Å². The molecule has 0 bridgehead atoms. The summed E-state index contributed by atoms with van der Waals surface area (Å²) in [5.41, 5.74) is 1.23. The summed E-state index contributed by atoms with van der Waals surface area (Å²) in [5.74, 6) is 0.581. The van der Waals surface area contributed by atoms with Gasteiger partial charge in [-0.05, 0) is 44.6 Å². The van der Waals surface area contributed by atoms with Gasteiger partial charge in [0, 0.05) is 25.1 Å². The van der Waals surface area contributed by atoms with Crippen LogP contribution in [0.1, 0.15) is 37.6 Å². The number of ether oxygens (including phenoxy) is 1. The Morgan fingerprint density at radius 2 is 2.30 bits per heavy atom. The number of aryl methyl sites for hydroxylation is 1. The third-order valence-corrected chi connectivity index (χ3v) is 7.19. The van der Waals surface area contributed by atoms with Crippen molar-refractivity contribution in [1.82, 2.24) is 14.9 Å². The number of hydrogen-bond acceptors (Lipinski definition) is 6. The van der Waals surface area contributed by atoms with Gasteiger partial charge in [0.25, 0.3) is 5.56 Å². The van der Waals surface area contributed by atoms with Gasteiger partial charge in [-0.2, -0.15) is 0 Å². The second kappa shape index (κ2) is 8.75. The Morgan fingerprint density at radius 3 is 3.00 bits per heavy atom. The summed E-state index contributed by atoms with van der Waals surface area (Å²) in [6, 6.07) is 0. The van der Waals surface area contributed by atoms with E-state index in [1.165, 1.54) is 22.2 Å². The van der Waals surface area contributed by atoms with E-state index in [-0.39, 0.29) is 16.7 Å². The van der Waals surface area contributed by atoms with E-state index >= 15 is 0 Å². The summed E-state index contributed by atoms with van der Waals surface area (Å²) in [5, 5.41) is 3.92. The zero-order chi connectivity index (χ0) is 19.6. The summed E-state index contributed by atoms with van der Waals surface area (Å²) in [6.07, 6.45) is 3.12. The van der Waals surface area contributed by atoms with Crippen LogP contribution in [0.2, 0.25) is 0 Å². The zero-order valence-corrected chi connectivity index (χ0v) is 18.0. The molecular formula is C19H27N3O3S2. The lowest BCUT2D eigenvalue weighted by Gasteiger charge is -2.18. The van der Waals surface area contributed by atoms with Crippen LogP contribution >= 0.6 is 23.1 Å². The number of carbonyl (C=O) groups excluding carboxylic acids is 1. The number of fused-ring (bicyclic) bond motifs is 3. The fourth-order valence-corrected chi connectivity index (χ4v) is 5.83. The molecule has 0 spiro atoms. The monoisotopic (exact) mass is 409 g/mol. The van der Waals surface area contributed by atoms with Crippen LogP contribution < -0.4 is 10.9 Å². The lowest BCUT2D eigenvalue weighted by molar-refractivity contribution is -0.120. The number of carbonyl (C=O) groups is 1. The Balaban J connectivity index is 1.92. The van der Waals surface area contributed by atoms with Crippen molar-refractivity contribution in [2.24, 2.45) is 5.92 Å². The molecule has 3 rings (SSSR count). The van der Waals surface area contributed by atoms with E-state index in [1.807, 2.05) is 13.8 Å². The Bertz CT molecular complexity index is 890. The van der Waals surface area contributed by atoms with Crippen LogP contribution in [0.3, 0.4) is 0 Å². The first-order valence-corrected chi connectivity index (χ1v) is 11.1. The second-order valence-corrected chi connectivity index (χ2v) is 9.41. The Kier molecular flexibility index (Phi) is 6.60. The van der Waals surface area contributed by atoms with E-state index < -0.39 is 0 Å². The van der Waals surface area contributed by atoms with E-state index in [0.717, 1.165) is 29.5 Å². The molecule has 148 valence electrons. The van der Waals surface area contributed by atoms with Gasteiger partial charge in [-0.25, -0.2) is 4.98 Å². The SMILES string of the molecule is CCn1c(S[C@H](C)C(=O)NCCOC)nc2sc3c(c2c1=O)CC[C@H](C)C3. The van der Waals surface area contributed by atoms with E-state index in [0.29, 0.717) is 30.8 Å². The Morgan fingerprint density at radius 1 is 1.52 bits per heavy atom. The van der Waals surface area contributed by atoms with Gasteiger partial charge in [-0.15, -0.1) is 11.3 Å². The van der Waals surface area contributed by atoms with Gasteiger partial charge in [-0.1, -0.05) is 18.7 Å². The molecule has 2 atom stereocenters. The maximum absolute atomic E-state index is 13.2. The molecule has 1 N–H and O–H groups in total. The zero-order valence-electron chi connectivity index (χ0n) is 16.3. The normalized spacial score (nSPS) is 17.7. The number of nitrogens with zero attached hydrogens (tertiary/aromatic N) is 2. The van der Waals surface area contributed by atoms with Crippen molar-refractivity contribution in [2.45, 2.75) is 57.0 Å². The molecule has 0 aromatic carbocycles. The van der Waals surface area contributed by atoms with Gasteiger partial charge in [0.2, 0.25) is 5.91 Å². The van der Waals surface area contributed by atoms with E-state index in [4.69, 9.17) is 9.72 Å². The predicted octanol–water partition coefficient (Wildman–Crippen LogP) is 2.85. The second-order valence-electron chi connectivity index (χ2n) is 7.02. The molecule has 0 radical (unpaired) electrons. The van der Waals surface area contributed by atoms with Crippen molar-refractivity contribution < 1.29 is 9.53 Å². The predicted molar refractivity (Wildman–Crippen MR) is 111 cm³/mol. The average molecular weight is 410 g/mol. The van der Waals surface area contributed by atoms with Gasteiger partial charge in [-0.3, -0.25) is 14.2 Å². The fourth-order valence-electron chi connectivity index (χ4n) is 3.41. The fraction of sp³-hybridized carbons (Fsp3) is 0.632. The molecule has 1 aliphatic carbocycles. The minimum atomic E-state index is -0.335. The van der Waals surface area contributed by atoms with Crippen molar-refractivity contribution in [2.75, 3.05) is 20.3 Å². The highest BCUT2D eigenvalue weighted by Crippen LogP contribution is 2.36. The first kappa shape index (κ1) is 20.4. The van der Waals surface area contributed by atoms with Crippen molar-refractivity contribution >= 4 is 39.2 Å². The number of thiophene rings is 1. The van der Waals surface area contributed by atoms with Gasteiger partial charge < -0.3 is 10.1 Å². The van der Waals surface area contributed by atoms with E-state index in [2.05, 4.69) is 12.2 Å². The molecule has 0 unspecified atom stereocenters.